The van der Waals surface area contributed by atoms with Crippen LogP contribution in [0.15, 0.2) is 36.4 Å². The molecule has 6 nitrogen and oxygen atoms in total. The van der Waals surface area contributed by atoms with E-state index in [0.717, 1.165) is 6.07 Å². The fourth-order valence-electron chi connectivity index (χ4n) is 2.65. The van der Waals surface area contributed by atoms with Crippen LogP contribution in [0.2, 0.25) is 0 Å². The van der Waals surface area contributed by atoms with Gasteiger partial charge in [0.25, 0.3) is 5.91 Å². The van der Waals surface area contributed by atoms with Gasteiger partial charge in [-0.15, -0.1) is 0 Å². The van der Waals surface area contributed by atoms with Crippen LogP contribution in [0.4, 0.5) is 13.2 Å². The molecule has 0 unspecified atom stereocenters. The predicted octanol–water partition coefficient (Wildman–Crippen LogP) is 4.65. The number of phenolic OH excluding ortho intramolecular Hbond substituents is 1. The van der Waals surface area contributed by atoms with Gasteiger partial charge in [-0.25, -0.2) is 4.79 Å². The molecule has 0 spiro atoms. The van der Waals surface area contributed by atoms with Crippen LogP contribution in [0, 0.1) is 0 Å². The molecule has 2 aromatic carbocycles. The van der Waals surface area contributed by atoms with E-state index < -0.39 is 34.6 Å². The molecule has 1 N–H and O–H groups in total. The van der Waals surface area contributed by atoms with E-state index in [4.69, 9.17) is 9.47 Å². The SMILES string of the molecule is CN(C)C(=O)c1ccc(OCc2ccc(C(F)(F)F)c(O)c2C(=O)OC(C)(C)C)cc1. The van der Waals surface area contributed by atoms with Gasteiger partial charge in [0.15, 0.2) is 0 Å². The number of aromatic hydroxyl groups is 1. The highest BCUT2D eigenvalue weighted by Crippen LogP contribution is 2.39. The summed E-state index contributed by atoms with van der Waals surface area (Å²) in [5, 5.41) is 10.2. The highest BCUT2D eigenvalue weighted by molar-refractivity contribution is 5.95. The van der Waals surface area contributed by atoms with Crippen LogP contribution in [0.5, 0.6) is 11.5 Å². The van der Waals surface area contributed by atoms with Crippen LogP contribution in [0.1, 0.15) is 52.6 Å². The number of nitrogens with zero attached hydrogens (tertiary/aromatic N) is 1. The minimum Gasteiger partial charge on any atom is -0.506 e. The first-order chi connectivity index (χ1) is 14.2. The Kier molecular flexibility index (Phi) is 6.88. The highest BCUT2D eigenvalue weighted by Gasteiger charge is 2.37. The van der Waals surface area contributed by atoms with Crippen molar-refractivity contribution >= 4 is 11.9 Å². The number of carbonyl (C=O) groups excluding carboxylic acids is 2. The third-order valence-corrected chi connectivity index (χ3v) is 4.07. The Balaban J connectivity index is 2.34. The molecule has 0 aliphatic carbocycles. The quantitative estimate of drug-likeness (QED) is 0.687. The van der Waals surface area contributed by atoms with Gasteiger partial charge < -0.3 is 19.5 Å². The summed E-state index contributed by atoms with van der Waals surface area (Å²) in [5.41, 5.74) is -2.48. The largest absolute Gasteiger partial charge is 0.506 e. The molecular weight excluding hydrogens is 415 g/mol. The summed E-state index contributed by atoms with van der Waals surface area (Å²) in [5.74, 6) is -2.19. The van der Waals surface area contributed by atoms with Gasteiger partial charge in [0.1, 0.15) is 29.3 Å². The first kappa shape index (κ1) is 24.0. The van der Waals surface area contributed by atoms with Gasteiger partial charge in [0.2, 0.25) is 0 Å². The molecule has 0 radical (unpaired) electrons. The second kappa shape index (κ2) is 8.87. The monoisotopic (exact) mass is 439 g/mol. The summed E-state index contributed by atoms with van der Waals surface area (Å²) in [6, 6.07) is 7.86. The molecule has 0 fully saturated rings. The number of amides is 1. The molecule has 0 bridgehead atoms. The number of carbonyl (C=O) groups is 2. The van der Waals surface area contributed by atoms with Crippen LogP contribution < -0.4 is 4.74 Å². The predicted molar refractivity (Wildman–Crippen MR) is 107 cm³/mol. The van der Waals surface area contributed by atoms with E-state index in [-0.39, 0.29) is 18.1 Å². The Labute approximate surface area is 178 Å². The Morgan fingerprint density at radius 2 is 1.58 bits per heavy atom. The molecule has 2 rings (SSSR count). The molecule has 0 saturated heterocycles. The Morgan fingerprint density at radius 3 is 2.06 bits per heavy atom. The van der Waals surface area contributed by atoms with Crippen molar-refractivity contribution in [1.29, 1.82) is 0 Å². The number of esters is 1. The minimum atomic E-state index is -4.85. The van der Waals surface area contributed by atoms with Gasteiger partial charge in [0.05, 0.1) is 5.56 Å². The highest BCUT2D eigenvalue weighted by atomic mass is 19.4. The zero-order chi connectivity index (χ0) is 23.6. The maximum absolute atomic E-state index is 13.2. The molecule has 1 amide bonds. The van der Waals surface area contributed by atoms with Crippen molar-refractivity contribution in [2.45, 2.75) is 39.2 Å². The number of halogens is 3. The van der Waals surface area contributed by atoms with Crippen molar-refractivity contribution in [3.05, 3.63) is 58.7 Å². The smallest absolute Gasteiger partial charge is 0.419 e. The van der Waals surface area contributed by atoms with Crippen LogP contribution in [0.3, 0.4) is 0 Å². The first-order valence-corrected chi connectivity index (χ1v) is 9.30. The van der Waals surface area contributed by atoms with E-state index >= 15 is 0 Å². The summed E-state index contributed by atoms with van der Waals surface area (Å²) in [4.78, 5) is 25.9. The zero-order valence-corrected chi connectivity index (χ0v) is 17.8. The van der Waals surface area contributed by atoms with Crippen molar-refractivity contribution in [2.75, 3.05) is 14.1 Å². The maximum atomic E-state index is 13.2. The van der Waals surface area contributed by atoms with Crippen molar-refractivity contribution in [2.24, 2.45) is 0 Å². The van der Waals surface area contributed by atoms with Gasteiger partial charge in [-0.05, 0) is 51.1 Å². The van der Waals surface area contributed by atoms with E-state index in [2.05, 4.69) is 0 Å². The number of benzene rings is 2. The topological polar surface area (TPSA) is 76.1 Å². The van der Waals surface area contributed by atoms with Crippen molar-refractivity contribution in [3.8, 4) is 11.5 Å². The Bertz CT molecular complexity index is 961. The third-order valence-electron chi connectivity index (χ3n) is 4.07. The molecule has 0 saturated carbocycles. The minimum absolute atomic E-state index is 0.0215. The average Bonchev–Trinajstić information content (AvgIpc) is 2.63. The zero-order valence-electron chi connectivity index (χ0n) is 17.8. The van der Waals surface area contributed by atoms with Crippen LogP contribution in [-0.4, -0.2) is 41.6 Å². The van der Waals surface area contributed by atoms with Crippen molar-refractivity contribution < 1.29 is 37.3 Å². The number of rotatable bonds is 5. The van der Waals surface area contributed by atoms with Crippen LogP contribution in [-0.2, 0) is 17.5 Å². The summed E-state index contributed by atoms with van der Waals surface area (Å²) in [7, 11) is 3.23. The Hall–Kier alpha value is -3.23. The van der Waals surface area contributed by atoms with E-state index in [9.17, 15) is 27.9 Å². The second-order valence-electron chi connectivity index (χ2n) is 8.01. The van der Waals surface area contributed by atoms with Crippen LogP contribution in [0.25, 0.3) is 0 Å². The third kappa shape index (κ3) is 6.13. The molecule has 0 atom stereocenters. The molecule has 0 heterocycles. The van der Waals surface area contributed by atoms with Crippen molar-refractivity contribution in [1.82, 2.24) is 4.90 Å². The average molecular weight is 439 g/mol. The van der Waals surface area contributed by atoms with Gasteiger partial charge in [-0.2, -0.15) is 13.2 Å². The van der Waals surface area contributed by atoms with E-state index in [1.54, 1.807) is 34.9 Å². The van der Waals surface area contributed by atoms with Crippen molar-refractivity contribution in [3.63, 3.8) is 0 Å². The summed E-state index contributed by atoms with van der Waals surface area (Å²) < 4.78 is 50.3. The van der Waals surface area contributed by atoms with Crippen LogP contribution >= 0.6 is 0 Å². The van der Waals surface area contributed by atoms with Gasteiger partial charge in [0, 0.05) is 25.2 Å². The standard InChI is InChI=1S/C22H24F3NO5/c1-21(2,3)31-20(29)17-14(8-11-16(18(17)27)22(23,24)25)12-30-15-9-6-13(7-10-15)19(28)26(4)5/h6-11,27H,12H2,1-5H3. The van der Waals surface area contributed by atoms with Gasteiger partial charge in [-0.1, -0.05) is 6.07 Å². The molecule has 2 aromatic rings. The molecule has 31 heavy (non-hydrogen) atoms. The van der Waals surface area contributed by atoms with E-state index in [1.165, 1.54) is 29.2 Å². The van der Waals surface area contributed by atoms with E-state index in [0.29, 0.717) is 17.4 Å². The summed E-state index contributed by atoms with van der Waals surface area (Å²) in [6.45, 7) is 4.37. The number of phenols is 1. The fraction of sp³-hybridized carbons (Fsp3) is 0.364. The molecular formula is C22H24F3NO5. The lowest BCUT2D eigenvalue weighted by molar-refractivity contribution is -0.138. The number of ether oxygens (including phenoxy) is 2. The van der Waals surface area contributed by atoms with Gasteiger partial charge >= 0.3 is 12.1 Å². The lowest BCUT2D eigenvalue weighted by Crippen LogP contribution is -2.25. The van der Waals surface area contributed by atoms with E-state index in [1.807, 2.05) is 0 Å². The molecule has 0 aliphatic rings. The fourth-order valence-corrected chi connectivity index (χ4v) is 2.65. The number of hydrogen-bond donors (Lipinski definition) is 1. The van der Waals surface area contributed by atoms with Gasteiger partial charge in [-0.3, -0.25) is 4.79 Å². The molecule has 168 valence electrons. The lowest BCUT2D eigenvalue weighted by atomic mass is 10.0. The normalized spacial score (nSPS) is 11.7. The lowest BCUT2D eigenvalue weighted by Gasteiger charge is -2.22. The second-order valence-corrected chi connectivity index (χ2v) is 8.01. The number of alkyl halides is 3. The first-order valence-electron chi connectivity index (χ1n) is 9.30. The molecule has 9 heteroatoms. The summed E-state index contributed by atoms with van der Waals surface area (Å²) in [6.07, 6.45) is -4.85. The molecule has 0 aliphatic heterocycles. The summed E-state index contributed by atoms with van der Waals surface area (Å²) >= 11 is 0. The maximum Gasteiger partial charge on any atom is 0.419 e. The Morgan fingerprint density at radius 1 is 1.00 bits per heavy atom. The number of hydrogen-bond acceptors (Lipinski definition) is 5. The molecule has 0 aromatic heterocycles.